The molecule has 32 heavy (non-hydrogen) atoms. The lowest BCUT2D eigenvalue weighted by atomic mass is 10.2. The minimum atomic E-state index is -0.481. The van der Waals surface area contributed by atoms with Crippen molar-refractivity contribution in [2.45, 2.75) is 29.1 Å². The van der Waals surface area contributed by atoms with E-state index in [9.17, 15) is 14.4 Å². The molecule has 3 aromatic rings. The molecule has 0 fully saturated rings. The van der Waals surface area contributed by atoms with Gasteiger partial charge in [-0.3, -0.25) is 9.59 Å². The van der Waals surface area contributed by atoms with Crippen molar-refractivity contribution in [1.82, 2.24) is 9.97 Å². The molecule has 1 aromatic heterocycles. The van der Waals surface area contributed by atoms with Gasteiger partial charge in [0.2, 0.25) is 5.91 Å². The average molecular weight is 470 g/mol. The van der Waals surface area contributed by atoms with Crippen molar-refractivity contribution in [2.24, 2.45) is 0 Å². The maximum atomic E-state index is 12.4. The number of carbonyl (C=O) groups excluding carboxylic acids is 2. The molecule has 0 spiro atoms. The number of amides is 1. The number of nitrogens with zero attached hydrogens (tertiary/aromatic N) is 1. The predicted molar refractivity (Wildman–Crippen MR) is 127 cm³/mol. The van der Waals surface area contributed by atoms with Gasteiger partial charge < -0.3 is 15.0 Å². The van der Waals surface area contributed by atoms with Crippen molar-refractivity contribution in [3.05, 3.63) is 82.3 Å². The first-order valence-electron chi connectivity index (χ1n) is 10.0. The van der Waals surface area contributed by atoms with Gasteiger partial charge in [0.05, 0.1) is 29.3 Å². The summed E-state index contributed by atoms with van der Waals surface area (Å²) in [6.07, 6.45) is 0.713. The monoisotopic (exact) mass is 469 g/mol. The third kappa shape index (κ3) is 7.28. The van der Waals surface area contributed by atoms with Gasteiger partial charge in [-0.2, -0.15) is 0 Å². The molecule has 0 radical (unpaired) electrons. The number of ether oxygens (including phenoxy) is 1. The number of nitrogens with one attached hydrogen (secondary N) is 2. The molecular weight excluding hydrogens is 446 g/mol. The van der Waals surface area contributed by atoms with Gasteiger partial charge in [-0.1, -0.05) is 49.0 Å². The highest BCUT2D eigenvalue weighted by atomic mass is 32.2. The van der Waals surface area contributed by atoms with Crippen molar-refractivity contribution in [3.8, 4) is 0 Å². The van der Waals surface area contributed by atoms with Gasteiger partial charge in [0.1, 0.15) is 0 Å². The van der Waals surface area contributed by atoms with Crippen molar-refractivity contribution in [1.29, 1.82) is 0 Å². The van der Waals surface area contributed by atoms with Crippen LogP contribution in [0.2, 0.25) is 0 Å². The quantitative estimate of drug-likeness (QED) is 0.258. The van der Waals surface area contributed by atoms with E-state index in [4.69, 9.17) is 4.74 Å². The number of aromatic nitrogens is 2. The fourth-order valence-corrected chi connectivity index (χ4v) is 4.17. The van der Waals surface area contributed by atoms with Crippen LogP contribution in [-0.2, 0) is 15.3 Å². The van der Waals surface area contributed by atoms with Crippen LogP contribution in [0.4, 0.5) is 5.69 Å². The minimum absolute atomic E-state index is 0.0244. The summed E-state index contributed by atoms with van der Waals surface area (Å²) >= 11 is 2.70. The predicted octanol–water partition coefficient (Wildman–Crippen LogP) is 4.36. The molecule has 2 N–H and O–H groups in total. The van der Waals surface area contributed by atoms with E-state index in [0.717, 1.165) is 16.7 Å². The Hall–Kier alpha value is -3.04. The molecule has 0 aliphatic rings. The molecule has 3 rings (SSSR count). The van der Waals surface area contributed by atoms with Gasteiger partial charge in [0.15, 0.2) is 5.16 Å². The third-order valence-electron chi connectivity index (χ3n) is 4.10. The molecule has 0 saturated carbocycles. The van der Waals surface area contributed by atoms with E-state index < -0.39 is 5.97 Å². The zero-order chi connectivity index (χ0) is 22.8. The molecule has 166 valence electrons. The molecule has 1 heterocycles. The summed E-state index contributed by atoms with van der Waals surface area (Å²) in [5, 5.41) is 3.10. The van der Waals surface area contributed by atoms with Gasteiger partial charge in [0, 0.05) is 16.7 Å². The molecule has 0 saturated heterocycles. The van der Waals surface area contributed by atoms with E-state index >= 15 is 0 Å². The molecule has 9 heteroatoms. The maximum absolute atomic E-state index is 12.4. The Morgan fingerprint density at radius 1 is 1.06 bits per heavy atom. The highest BCUT2D eigenvalue weighted by molar-refractivity contribution is 7.99. The van der Waals surface area contributed by atoms with E-state index in [1.165, 1.54) is 6.07 Å². The number of benzene rings is 2. The Bertz CT molecular complexity index is 1120. The molecule has 2 aromatic carbocycles. The summed E-state index contributed by atoms with van der Waals surface area (Å²) in [5.74, 6) is -0.236. The molecular formula is C23H23N3O4S2. The van der Waals surface area contributed by atoms with Gasteiger partial charge in [-0.25, -0.2) is 9.78 Å². The number of hydrogen-bond donors (Lipinski definition) is 2. The second kappa shape index (κ2) is 12.1. The fraction of sp³-hybridized carbons (Fsp3) is 0.217. The molecule has 1 amide bonds. The van der Waals surface area contributed by atoms with Crippen LogP contribution in [0.3, 0.4) is 0 Å². The zero-order valence-corrected chi connectivity index (χ0v) is 19.1. The largest absolute Gasteiger partial charge is 0.462 e. The molecule has 7 nitrogen and oxygen atoms in total. The third-order valence-corrected chi connectivity index (χ3v) is 6.02. The first-order chi connectivity index (χ1) is 15.5. The number of para-hydroxylation sites is 1. The lowest BCUT2D eigenvalue weighted by Crippen LogP contribution is -2.18. The van der Waals surface area contributed by atoms with Gasteiger partial charge in [0.25, 0.3) is 5.56 Å². The van der Waals surface area contributed by atoms with Crippen LogP contribution >= 0.6 is 23.5 Å². The first kappa shape index (κ1) is 23.6. The summed E-state index contributed by atoms with van der Waals surface area (Å²) in [5.41, 5.74) is 1.05. The van der Waals surface area contributed by atoms with Gasteiger partial charge in [-0.15, -0.1) is 11.8 Å². The van der Waals surface area contributed by atoms with Crippen LogP contribution in [0.1, 0.15) is 29.4 Å². The second-order valence-corrected chi connectivity index (χ2v) is 8.67. The number of H-pyrrole nitrogens is 1. The smallest absolute Gasteiger partial charge is 0.340 e. The Morgan fingerprint density at radius 2 is 1.81 bits per heavy atom. The molecule has 0 aliphatic heterocycles. The van der Waals surface area contributed by atoms with E-state index in [1.54, 1.807) is 36.0 Å². The lowest BCUT2D eigenvalue weighted by Gasteiger charge is -2.10. The van der Waals surface area contributed by atoms with Crippen molar-refractivity contribution < 1.29 is 14.3 Å². The summed E-state index contributed by atoms with van der Waals surface area (Å²) in [6.45, 7) is 2.22. The lowest BCUT2D eigenvalue weighted by molar-refractivity contribution is -0.113. The highest BCUT2D eigenvalue weighted by Gasteiger charge is 2.15. The van der Waals surface area contributed by atoms with E-state index in [2.05, 4.69) is 15.3 Å². The number of anilines is 1. The minimum Gasteiger partial charge on any atom is -0.462 e. The van der Waals surface area contributed by atoms with Crippen molar-refractivity contribution in [2.75, 3.05) is 17.7 Å². The Balaban J connectivity index is 1.59. The number of carbonyl (C=O) groups is 2. The number of hydrogen-bond acceptors (Lipinski definition) is 7. The van der Waals surface area contributed by atoms with Crippen LogP contribution in [0.5, 0.6) is 0 Å². The Kier molecular flexibility index (Phi) is 8.94. The van der Waals surface area contributed by atoms with Crippen LogP contribution in [0.25, 0.3) is 0 Å². The average Bonchev–Trinajstić information content (AvgIpc) is 2.80. The fourth-order valence-electron chi connectivity index (χ4n) is 2.66. The Labute approximate surface area is 194 Å². The summed E-state index contributed by atoms with van der Waals surface area (Å²) in [6, 6.07) is 18.0. The van der Waals surface area contributed by atoms with Gasteiger partial charge >= 0.3 is 5.97 Å². The second-order valence-electron chi connectivity index (χ2n) is 6.66. The number of esters is 1. The zero-order valence-electron chi connectivity index (χ0n) is 17.5. The maximum Gasteiger partial charge on any atom is 0.340 e. The SMILES string of the molecule is CCCOC(=O)c1ccccc1NC(=O)CSc1nc(CSc2ccccc2)cc(=O)[nH]1. The van der Waals surface area contributed by atoms with Crippen LogP contribution in [0.15, 0.2) is 75.5 Å². The van der Waals surface area contributed by atoms with Crippen LogP contribution < -0.4 is 10.9 Å². The standard InChI is InChI=1S/C23H23N3O4S2/c1-2-12-30-22(29)18-10-6-7-11-19(18)25-21(28)15-32-23-24-16(13-20(27)26-23)14-31-17-8-4-3-5-9-17/h3-11,13H,2,12,14-15H2,1H3,(H,25,28)(H,24,26,27). The topological polar surface area (TPSA) is 101 Å². The molecule has 0 aliphatic carbocycles. The molecule has 0 atom stereocenters. The number of thioether (sulfide) groups is 2. The molecule has 0 bridgehead atoms. The van der Waals surface area contributed by atoms with Crippen molar-refractivity contribution >= 4 is 41.1 Å². The van der Waals surface area contributed by atoms with Gasteiger partial charge in [-0.05, 0) is 30.7 Å². The van der Waals surface area contributed by atoms with Crippen LogP contribution in [-0.4, -0.2) is 34.2 Å². The number of aromatic amines is 1. The summed E-state index contributed by atoms with van der Waals surface area (Å²) < 4.78 is 5.16. The number of rotatable bonds is 10. The van der Waals surface area contributed by atoms with E-state index in [1.807, 2.05) is 37.3 Å². The summed E-state index contributed by atoms with van der Waals surface area (Å²) in [7, 11) is 0. The first-order valence-corrected chi connectivity index (χ1v) is 12.0. The highest BCUT2D eigenvalue weighted by Crippen LogP contribution is 2.22. The van der Waals surface area contributed by atoms with Crippen LogP contribution in [0, 0.1) is 0 Å². The Morgan fingerprint density at radius 3 is 2.59 bits per heavy atom. The normalized spacial score (nSPS) is 10.5. The van der Waals surface area contributed by atoms with Crippen molar-refractivity contribution in [3.63, 3.8) is 0 Å². The summed E-state index contributed by atoms with van der Waals surface area (Å²) in [4.78, 5) is 44.8. The van der Waals surface area contributed by atoms with E-state index in [0.29, 0.717) is 40.9 Å². The van der Waals surface area contributed by atoms with E-state index in [-0.39, 0.29) is 17.2 Å². The molecule has 0 unspecified atom stereocenters.